The smallest absolute Gasteiger partial charge is 0.212 e. The summed E-state index contributed by atoms with van der Waals surface area (Å²) in [4.78, 5) is 4.61. The predicted octanol–water partition coefficient (Wildman–Crippen LogP) is 0.171. The molecular formula is C11H24ClN3O2S. The maximum atomic E-state index is 11.6. The van der Waals surface area contributed by atoms with Crippen LogP contribution in [0.15, 0.2) is 0 Å². The lowest BCUT2D eigenvalue weighted by atomic mass is 10.0. The Kier molecular flexibility index (Phi) is 5.86. The van der Waals surface area contributed by atoms with E-state index in [4.69, 9.17) is 11.6 Å². The molecule has 1 saturated heterocycles. The summed E-state index contributed by atoms with van der Waals surface area (Å²) in [5.41, 5.74) is -0.166. The maximum absolute atomic E-state index is 11.6. The molecule has 0 aliphatic carbocycles. The van der Waals surface area contributed by atoms with Gasteiger partial charge in [0.1, 0.15) is 0 Å². The number of piperazine rings is 1. The molecule has 1 N–H and O–H groups in total. The van der Waals surface area contributed by atoms with Gasteiger partial charge < -0.3 is 4.90 Å². The van der Waals surface area contributed by atoms with Crippen LogP contribution in [0.3, 0.4) is 0 Å². The SMILES string of the molecule is CN1CCN(C(C)(C)CNS(=O)(=O)CCCl)CC1. The number of nitrogens with one attached hydrogen (secondary N) is 1. The molecule has 0 aromatic heterocycles. The molecule has 1 aliphatic rings. The Bertz CT molecular complexity index is 351. The average molecular weight is 298 g/mol. The minimum Gasteiger partial charge on any atom is -0.304 e. The van der Waals surface area contributed by atoms with Gasteiger partial charge in [0.05, 0.1) is 5.75 Å². The summed E-state index contributed by atoms with van der Waals surface area (Å²) in [6.07, 6.45) is 0. The number of sulfonamides is 1. The molecule has 0 atom stereocenters. The third-order valence-electron chi connectivity index (χ3n) is 3.43. The summed E-state index contributed by atoms with van der Waals surface area (Å²) in [7, 11) is -1.13. The van der Waals surface area contributed by atoms with Crippen molar-refractivity contribution in [2.45, 2.75) is 19.4 Å². The normalized spacial score (nSPS) is 20.2. The summed E-state index contributed by atoms with van der Waals surface area (Å²) in [6.45, 7) is 8.57. The topological polar surface area (TPSA) is 52.6 Å². The largest absolute Gasteiger partial charge is 0.304 e. The molecule has 1 fully saturated rings. The maximum Gasteiger partial charge on any atom is 0.212 e. The molecule has 108 valence electrons. The minimum atomic E-state index is -3.23. The first-order valence-corrected chi connectivity index (χ1v) is 8.42. The van der Waals surface area contributed by atoms with Gasteiger partial charge in [0.2, 0.25) is 10.0 Å². The summed E-state index contributed by atoms with van der Waals surface area (Å²) in [5.74, 6) is 0.109. The molecule has 0 unspecified atom stereocenters. The van der Waals surface area contributed by atoms with Crippen molar-refractivity contribution in [2.75, 3.05) is 51.4 Å². The molecule has 0 spiro atoms. The van der Waals surface area contributed by atoms with Gasteiger partial charge in [0, 0.05) is 44.1 Å². The molecule has 7 heteroatoms. The van der Waals surface area contributed by atoms with E-state index < -0.39 is 10.0 Å². The third kappa shape index (κ3) is 5.01. The van der Waals surface area contributed by atoms with Crippen LogP contribution in [0.1, 0.15) is 13.8 Å². The Morgan fingerprint density at radius 1 is 1.22 bits per heavy atom. The second-order valence-electron chi connectivity index (χ2n) is 5.43. The van der Waals surface area contributed by atoms with Crippen molar-refractivity contribution >= 4 is 21.6 Å². The van der Waals surface area contributed by atoms with Crippen molar-refractivity contribution in [2.24, 2.45) is 0 Å². The Hall–Kier alpha value is 0.120. The standard InChI is InChI=1S/C11H24ClN3O2S/c1-11(2,10-13-18(16,17)9-4-12)15-7-5-14(3)6-8-15/h13H,4-10H2,1-3H3. The zero-order valence-electron chi connectivity index (χ0n) is 11.4. The molecule has 0 saturated carbocycles. The Morgan fingerprint density at radius 2 is 1.78 bits per heavy atom. The number of hydrogen-bond acceptors (Lipinski definition) is 4. The molecule has 5 nitrogen and oxygen atoms in total. The highest BCUT2D eigenvalue weighted by Gasteiger charge is 2.30. The summed E-state index contributed by atoms with van der Waals surface area (Å²) in [6, 6.07) is 0. The van der Waals surface area contributed by atoms with Crippen molar-refractivity contribution in [1.82, 2.24) is 14.5 Å². The molecule has 1 heterocycles. The zero-order valence-corrected chi connectivity index (χ0v) is 13.0. The van der Waals surface area contributed by atoms with E-state index in [9.17, 15) is 8.42 Å². The molecule has 0 aromatic carbocycles. The van der Waals surface area contributed by atoms with Crippen LogP contribution in [0.4, 0.5) is 0 Å². The molecule has 0 radical (unpaired) electrons. The first-order valence-electron chi connectivity index (χ1n) is 6.24. The fourth-order valence-corrected chi connectivity index (χ4v) is 3.51. The van der Waals surface area contributed by atoms with Gasteiger partial charge in [0.15, 0.2) is 0 Å². The van der Waals surface area contributed by atoms with Gasteiger partial charge >= 0.3 is 0 Å². The number of likely N-dealkylation sites (N-methyl/N-ethyl adjacent to an activating group) is 1. The van der Waals surface area contributed by atoms with E-state index in [-0.39, 0.29) is 17.2 Å². The average Bonchev–Trinajstić information content (AvgIpc) is 2.27. The third-order valence-corrected chi connectivity index (χ3v) is 5.17. The highest BCUT2D eigenvalue weighted by molar-refractivity contribution is 7.89. The van der Waals surface area contributed by atoms with Gasteiger partial charge in [-0.2, -0.15) is 0 Å². The highest BCUT2D eigenvalue weighted by atomic mass is 35.5. The van der Waals surface area contributed by atoms with Crippen LogP contribution in [0.5, 0.6) is 0 Å². The number of rotatable bonds is 6. The van der Waals surface area contributed by atoms with Crippen molar-refractivity contribution < 1.29 is 8.42 Å². The summed E-state index contributed by atoms with van der Waals surface area (Å²) < 4.78 is 25.8. The summed E-state index contributed by atoms with van der Waals surface area (Å²) >= 11 is 5.47. The van der Waals surface area contributed by atoms with Crippen LogP contribution in [-0.2, 0) is 10.0 Å². The highest BCUT2D eigenvalue weighted by Crippen LogP contribution is 2.16. The lowest BCUT2D eigenvalue weighted by molar-refractivity contribution is 0.0652. The molecule has 1 rings (SSSR count). The van der Waals surface area contributed by atoms with E-state index in [0.717, 1.165) is 26.2 Å². The van der Waals surface area contributed by atoms with Crippen molar-refractivity contribution in [3.8, 4) is 0 Å². The van der Waals surface area contributed by atoms with E-state index in [0.29, 0.717) is 6.54 Å². The predicted molar refractivity (Wildman–Crippen MR) is 75.7 cm³/mol. The van der Waals surface area contributed by atoms with E-state index in [1.807, 2.05) is 0 Å². The van der Waals surface area contributed by atoms with Gasteiger partial charge in [-0.1, -0.05) is 0 Å². The monoisotopic (exact) mass is 297 g/mol. The Balaban J connectivity index is 2.49. The van der Waals surface area contributed by atoms with Crippen LogP contribution in [0.25, 0.3) is 0 Å². The second-order valence-corrected chi connectivity index (χ2v) is 7.74. The van der Waals surface area contributed by atoms with Gasteiger partial charge in [-0.3, -0.25) is 4.90 Å². The van der Waals surface area contributed by atoms with Gasteiger partial charge in [-0.05, 0) is 20.9 Å². The molecular weight excluding hydrogens is 274 g/mol. The quantitative estimate of drug-likeness (QED) is 0.710. The Morgan fingerprint density at radius 3 is 2.28 bits per heavy atom. The molecule has 18 heavy (non-hydrogen) atoms. The van der Waals surface area contributed by atoms with Gasteiger partial charge in [-0.15, -0.1) is 11.6 Å². The van der Waals surface area contributed by atoms with Crippen LogP contribution < -0.4 is 4.72 Å². The van der Waals surface area contributed by atoms with Crippen molar-refractivity contribution in [3.05, 3.63) is 0 Å². The fourth-order valence-electron chi connectivity index (χ4n) is 1.98. The number of alkyl halides is 1. The fraction of sp³-hybridized carbons (Fsp3) is 1.00. The molecule has 0 aromatic rings. The first-order chi connectivity index (χ1) is 8.27. The lowest BCUT2D eigenvalue weighted by Gasteiger charge is -2.43. The van der Waals surface area contributed by atoms with Crippen LogP contribution in [0, 0.1) is 0 Å². The minimum absolute atomic E-state index is 0.0205. The van der Waals surface area contributed by atoms with Gasteiger partial charge in [0.25, 0.3) is 0 Å². The first kappa shape index (κ1) is 16.2. The number of halogens is 1. The molecule has 1 aliphatic heterocycles. The van der Waals surface area contributed by atoms with Crippen molar-refractivity contribution in [3.63, 3.8) is 0 Å². The number of hydrogen-bond donors (Lipinski definition) is 1. The Labute approximate surface area is 116 Å². The molecule has 0 amide bonds. The van der Waals surface area contributed by atoms with Crippen LogP contribution >= 0.6 is 11.6 Å². The van der Waals surface area contributed by atoms with Crippen LogP contribution in [-0.4, -0.2) is 75.2 Å². The second kappa shape index (κ2) is 6.52. The zero-order chi connectivity index (χ0) is 13.8. The summed E-state index contributed by atoms with van der Waals surface area (Å²) in [5, 5.41) is 0. The molecule has 0 bridgehead atoms. The van der Waals surface area contributed by atoms with Crippen LogP contribution in [0.2, 0.25) is 0 Å². The van der Waals surface area contributed by atoms with E-state index in [1.54, 1.807) is 0 Å². The van der Waals surface area contributed by atoms with E-state index >= 15 is 0 Å². The number of nitrogens with zero attached hydrogens (tertiary/aromatic N) is 2. The van der Waals surface area contributed by atoms with E-state index in [2.05, 4.69) is 35.4 Å². The van der Waals surface area contributed by atoms with Gasteiger partial charge in [-0.25, -0.2) is 13.1 Å². The van der Waals surface area contributed by atoms with Crippen molar-refractivity contribution in [1.29, 1.82) is 0 Å². The van der Waals surface area contributed by atoms with E-state index in [1.165, 1.54) is 0 Å². The lowest BCUT2D eigenvalue weighted by Crippen LogP contribution is -2.57.